The molecule has 1 aromatic rings. The summed E-state index contributed by atoms with van der Waals surface area (Å²) in [6, 6.07) is -0.0440. The molecule has 0 spiro atoms. The van der Waals surface area contributed by atoms with E-state index in [-0.39, 0.29) is 12.0 Å². The van der Waals surface area contributed by atoms with Gasteiger partial charge in [-0.1, -0.05) is 13.8 Å². The van der Waals surface area contributed by atoms with Gasteiger partial charge in [0.2, 0.25) is 0 Å². The predicted octanol–water partition coefficient (Wildman–Crippen LogP) is 2.08. The Bertz CT molecular complexity index is 397. The number of aryl methyl sites for hydroxylation is 2. The molecule has 0 aliphatic carbocycles. The number of carbonyl (C=O) groups excluding carboxylic acids is 1. The monoisotopic (exact) mass is 221 g/mol. The Kier molecular flexibility index (Phi) is 3.08. The van der Waals surface area contributed by atoms with Crippen molar-refractivity contribution >= 4 is 5.78 Å². The molecule has 1 aromatic heterocycles. The lowest BCUT2D eigenvalue weighted by Gasteiger charge is -2.19. The Balaban J connectivity index is 2.43. The van der Waals surface area contributed by atoms with Gasteiger partial charge in [-0.05, 0) is 26.2 Å². The molecule has 2 unspecified atom stereocenters. The van der Waals surface area contributed by atoms with Gasteiger partial charge in [0.1, 0.15) is 11.6 Å². The summed E-state index contributed by atoms with van der Waals surface area (Å²) in [6.45, 7) is 6.08. The fourth-order valence-electron chi connectivity index (χ4n) is 2.62. The van der Waals surface area contributed by atoms with E-state index in [4.69, 9.17) is 0 Å². The highest BCUT2D eigenvalue weighted by molar-refractivity contribution is 5.85. The Morgan fingerprint density at radius 2 is 2.06 bits per heavy atom. The number of ketones is 1. The topological polar surface area (TPSA) is 47.8 Å². The van der Waals surface area contributed by atoms with E-state index in [2.05, 4.69) is 24.0 Å². The minimum Gasteiger partial charge on any atom is -0.305 e. The summed E-state index contributed by atoms with van der Waals surface area (Å²) < 4.78 is 2.04. The lowest BCUT2D eigenvalue weighted by Crippen LogP contribution is -2.24. The van der Waals surface area contributed by atoms with E-state index in [0.717, 1.165) is 37.3 Å². The SMILES string of the molecule is CCC1CCc2nnc(C)n2C(CC)C1=O. The van der Waals surface area contributed by atoms with E-state index < -0.39 is 0 Å². The highest BCUT2D eigenvalue weighted by Gasteiger charge is 2.32. The third-order valence-electron chi connectivity index (χ3n) is 3.58. The smallest absolute Gasteiger partial charge is 0.158 e. The van der Waals surface area contributed by atoms with E-state index in [1.165, 1.54) is 0 Å². The Morgan fingerprint density at radius 3 is 2.69 bits per heavy atom. The maximum absolute atomic E-state index is 12.3. The van der Waals surface area contributed by atoms with E-state index in [0.29, 0.717) is 5.78 Å². The van der Waals surface area contributed by atoms with Crippen LogP contribution in [0.5, 0.6) is 0 Å². The van der Waals surface area contributed by atoms with E-state index in [1.54, 1.807) is 0 Å². The van der Waals surface area contributed by atoms with Crippen LogP contribution >= 0.6 is 0 Å². The molecule has 4 nitrogen and oxygen atoms in total. The van der Waals surface area contributed by atoms with Crippen molar-refractivity contribution in [2.45, 2.75) is 52.5 Å². The Morgan fingerprint density at radius 1 is 1.31 bits per heavy atom. The number of nitrogens with zero attached hydrogens (tertiary/aromatic N) is 3. The van der Waals surface area contributed by atoms with Crippen LogP contribution < -0.4 is 0 Å². The molecule has 0 N–H and O–H groups in total. The van der Waals surface area contributed by atoms with E-state index in [9.17, 15) is 4.79 Å². The molecule has 0 radical (unpaired) electrons. The van der Waals surface area contributed by atoms with Crippen molar-refractivity contribution in [2.24, 2.45) is 5.92 Å². The molecule has 88 valence electrons. The van der Waals surface area contributed by atoms with Crippen molar-refractivity contribution in [3.05, 3.63) is 11.6 Å². The van der Waals surface area contributed by atoms with Crippen molar-refractivity contribution in [3.63, 3.8) is 0 Å². The zero-order chi connectivity index (χ0) is 11.7. The van der Waals surface area contributed by atoms with Crippen LogP contribution in [0.3, 0.4) is 0 Å². The number of fused-ring (bicyclic) bond motifs is 1. The third kappa shape index (κ3) is 1.66. The Labute approximate surface area is 96.1 Å². The van der Waals surface area contributed by atoms with Crippen LogP contribution in [0, 0.1) is 12.8 Å². The molecule has 2 heterocycles. The molecule has 1 aliphatic rings. The number of hydrogen-bond acceptors (Lipinski definition) is 3. The molecule has 0 saturated carbocycles. The molecule has 16 heavy (non-hydrogen) atoms. The van der Waals surface area contributed by atoms with Gasteiger partial charge in [-0.15, -0.1) is 10.2 Å². The molecule has 0 saturated heterocycles. The van der Waals surface area contributed by atoms with Crippen LogP contribution in [0.4, 0.5) is 0 Å². The molecule has 0 fully saturated rings. The van der Waals surface area contributed by atoms with Gasteiger partial charge in [0, 0.05) is 12.3 Å². The molecule has 1 aliphatic heterocycles. The maximum Gasteiger partial charge on any atom is 0.158 e. The van der Waals surface area contributed by atoms with Crippen LogP contribution in [0.1, 0.15) is 50.8 Å². The highest BCUT2D eigenvalue weighted by atomic mass is 16.1. The van der Waals surface area contributed by atoms with Crippen molar-refractivity contribution in [1.82, 2.24) is 14.8 Å². The summed E-state index contributed by atoms with van der Waals surface area (Å²) in [5, 5.41) is 8.26. The molecular weight excluding hydrogens is 202 g/mol. The normalized spacial score (nSPS) is 25.3. The molecule has 2 rings (SSSR count). The van der Waals surface area contributed by atoms with Crippen molar-refractivity contribution in [1.29, 1.82) is 0 Å². The number of aromatic nitrogens is 3. The quantitative estimate of drug-likeness (QED) is 0.768. The molecule has 0 bridgehead atoms. The first-order chi connectivity index (χ1) is 7.69. The Hall–Kier alpha value is -1.19. The number of Topliss-reactive ketones (excluding diaryl/α,β-unsaturated/α-hetero) is 1. The maximum atomic E-state index is 12.3. The van der Waals surface area contributed by atoms with Gasteiger partial charge in [-0.3, -0.25) is 4.79 Å². The molecule has 2 atom stereocenters. The first-order valence-electron chi connectivity index (χ1n) is 6.13. The van der Waals surface area contributed by atoms with Gasteiger partial charge in [0.05, 0.1) is 6.04 Å². The molecular formula is C12H19N3O. The second kappa shape index (κ2) is 4.36. The van der Waals surface area contributed by atoms with Crippen LogP contribution in [0.15, 0.2) is 0 Å². The lowest BCUT2D eigenvalue weighted by molar-refractivity contribution is -0.126. The number of hydrogen-bond donors (Lipinski definition) is 0. The van der Waals surface area contributed by atoms with Crippen molar-refractivity contribution < 1.29 is 4.79 Å². The van der Waals surface area contributed by atoms with Gasteiger partial charge in [-0.2, -0.15) is 0 Å². The number of rotatable bonds is 2. The van der Waals surface area contributed by atoms with E-state index in [1.807, 2.05) is 11.5 Å². The summed E-state index contributed by atoms with van der Waals surface area (Å²) >= 11 is 0. The van der Waals surface area contributed by atoms with Crippen LogP contribution in [-0.2, 0) is 11.2 Å². The zero-order valence-electron chi connectivity index (χ0n) is 10.2. The first-order valence-corrected chi connectivity index (χ1v) is 6.13. The highest BCUT2D eigenvalue weighted by Crippen LogP contribution is 2.28. The minimum atomic E-state index is -0.0440. The third-order valence-corrected chi connectivity index (χ3v) is 3.58. The fourth-order valence-corrected chi connectivity index (χ4v) is 2.62. The van der Waals surface area contributed by atoms with Gasteiger partial charge in [-0.25, -0.2) is 0 Å². The largest absolute Gasteiger partial charge is 0.305 e. The van der Waals surface area contributed by atoms with Crippen LogP contribution in [-0.4, -0.2) is 20.5 Å². The second-order valence-corrected chi connectivity index (χ2v) is 4.50. The fraction of sp³-hybridized carbons (Fsp3) is 0.750. The van der Waals surface area contributed by atoms with Gasteiger partial charge in [0.25, 0.3) is 0 Å². The summed E-state index contributed by atoms with van der Waals surface area (Å²) in [5.41, 5.74) is 0. The lowest BCUT2D eigenvalue weighted by atomic mass is 9.92. The van der Waals surface area contributed by atoms with Gasteiger partial charge >= 0.3 is 0 Å². The van der Waals surface area contributed by atoms with Crippen molar-refractivity contribution in [2.75, 3.05) is 0 Å². The minimum absolute atomic E-state index is 0.0440. The average Bonchev–Trinajstić information content (AvgIpc) is 2.58. The average molecular weight is 221 g/mol. The molecule has 0 aromatic carbocycles. The predicted molar refractivity (Wildman–Crippen MR) is 61.2 cm³/mol. The second-order valence-electron chi connectivity index (χ2n) is 4.50. The summed E-state index contributed by atoms with van der Waals surface area (Å²) in [5.74, 6) is 2.42. The van der Waals surface area contributed by atoms with Gasteiger partial charge < -0.3 is 4.57 Å². The van der Waals surface area contributed by atoms with Crippen LogP contribution in [0.25, 0.3) is 0 Å². The summed E-state index contributed by atoms with van der Waals surface area (Å²) in [4.78, 5) is 12.3. The van der Waals surface area contributed by atoms with Gasteiger partial charge in [0.15, 0.2) is 5.78 Å². The molecule has 4 heteroatoms. The standard InChI is InChI=1S/C12H19N3O/c1-4-9-6-7-11-14-13-8(3)15(11)10(5-2)12(9)16/h9-10H,4-7H2,1-3H3. The van der Waals surface area contributed by atoms with Crippen LogP contribution in [0.2, 0.25) is 0 Å². The molecule has 0 amide bonds. The summed E-state index contributed by atoms with van der Waals surface area (Å²) in [6.07, 6.45) is 3.57. The zero-order valence-corrected chi connectivity index (χ0v) is 10.2. The number of carbonyl (C=O) groups is 1. The summed E-state index contributed by atoms with van der Waals surface area (Å²) in [7, 11) is 0. The van der Waals surface area contributed by atoms with E-state index >= 15 is 0 Å². The first kappa shape index (κ1) is 11.3. The van der Waals surface area contributed by atoms with Crippen molar-refractivity contribution in [3.8, 4) is 0 Å².